The molecular weight excluding hydrogens is 261 g/mol. The predicted octanol–water partition coefficient (Wildman–Crippen LogP) is 1.42. The lowest BCUT2D eigenvalue weighted by Gasteiger charge is -2.44. The number of hydrogen-bond donors (Lipinski definition) is 1. The molecule has 19 heavy (non-hydrogen) atoms. The Kier molecular flexibility index (Phi) is 4.35. The highest BCUT2D eigenvalue weighted by atomic mass is 19.4. The summed E-state index contributed by atoms with van der Waals surface area (Å²) in [5.41, 5.74) is 0. The minimum Gasteiger partial charge on any atom is -0.481 e. The van der Waals surface area contributed by atoms with Gasteiger partial charge >= 0.3 is 12.1 Å². The maximum atomic E-state index is 12.6. The van der Waals surface area contributed by atoms with Crippen LogP contribution in [0.1, 0.15) is 19.3 Å². The smallest absolute Gasteiger partial charge is 0.403 e. The minimum absolute atomic E-state index is 0.296. The summed E-state index contributed by atoms with van der Waals surface area (Å²) >= 11 is 0. The number of hydrogen-bond acceptors (Lipinski definition) is 3. The summed E-state index contributed by atoms with van der Waals surface area (Å²) in [6, 6.07) is 0.296. The summed E-state index contributed by atoms with van der Waals surface area (Å²) in [7, 11) is 0. The summed E-state index contributed by atoms with van der Waals surface area (Å²) in [6.07, 6.45) is -1.41. The first-order valence-corrected chi connectivity index (χ1v) is 6.64. The van der Waals surface area contributed by atoms with Crippen LogP contribution in [0.3, 0.4) is 0 Å². The number of fused-ring (bicyclic) bond motifs is 1. The number of rotatable bonds is 3. The molecule has 7 heteroatoms. The van der Waals surface area contributed by atoms with Gasteiger partial charge in [-0.05, 0) is 19.4 Å². The summed E-state index contributed by atoms with van der Waals surface area (Å²) in [5.74, 6) is -4.05. The molecule has 0 aromatic carbocycles. The molecule has 2 atom stereocenters. The number of carboxylic acids is 1. The van der Waals surface area contributed by atoms with Gasteiger partial charge in [0.2, 0.25) is 0 Å². The fourth-order valence-electron chi connectivity index (χ4n) is 2.97. The first-order valence-electron chi connectivity index (χ1n) is 6.64. The molecule has 0 saturated carbocycles. The summed E-state index contributed by atoms with van der Waals surface area (Å²) < 4.78 is 37.9. The number of nitrogens with zero attached hydrogens (tertiary/aromatic N) is 2. The largest absolute Gasteiger partial charge is 0.481 e. The van der Waals surface area contributed by atoms with Crippen LogP contribution in [-0.4, -0.2) is 65.8 Å². The monoisotopic (exact) mass is 280 g/mol. The Morgan fingerprint density at radius 2 is 2.00 bits per heavy atom. The minimum atomic E-state index is -4.67. The first kappa shape index (κ1) is 14.6. The molecular formula is C12H19F3N2O2. The second-order valence-electron chi connectivity index (χ2n) is 5.38. The third-order valence-electron chi connectivity index (χ3n) is 4.06. The number of piperidine rings is 1. The molecule has 2 rings (SSSR count). The van der Waals surface area contributed by atoms with E-state index in [0.717, 1.165) is 32.4 Å². The molecule has 1 N–H and O–H groups in total. The van der Waals surface area contributed by atoms with E-state index in [-0.39, 0.29) is 0 Å². The molecule has 0 aromatic rings. The van der Waals surface area contributed by atoms with E-state index in [1.165, 1.54) is 0 Å². The van der Waals surface area contributed by atoms with Gasteiger partial charge in [0.25, 0.3) is 0 Å². The Labute approximate surface area is 110 Å². The van der Waals surface area contributed by atoms with Gasteiger partial charge in [0.15, 0.2) is 5.92 Å². The van der Waals surface area contributed by atoms with E-state index in [2.05, 4.69) is 4.90 Å². The van der Waals surface area contributed by atoms with E-state index < -0.39 is 24.6 Å². The Morgan fingerprint density at radius 1 is 1.26 bits per heavy atom. The van der Waals surface area contributed by atoms with Gasteiger partial charge in [0.05, 0.1) is 0 Å². The van der Waals surface area contributed by atoms with Crippen molar-refractivity contribution in [1.82, 2.24) is 9.80 Å². The Hall–Kier alpha value is -0.820. The van der Waals surface area contributed by atoms with Gasteiger partial charge in [-0.15, -0.1) is 0 Å². The molecule has 4 nitrogen and oxygen atoms in total. The van der Waals surface area contributed by atoms with E-state index in [1.54, 1.807) is 4.90 Å². The predicted molar refractivity (Wildman–Crippen MR) is 62.8 cm³/mol. The molecule has 2 aliphatic rings. The molecule has 110 valence electrons. The third-order valence-corrected chi connectivity index (χ3v) is 4.06. The van der Waals surface area contributed by atoms with Crippen LogP contribution in [0.25, 0.3) is 0 Å². The van der Waals surface area contributed by atoms with E-state index in [1.807, 2.05) is 0 Å². The molecule has 0 bridgehead atoms. The normalized spacial score (nSPS) is 27.8. The number of carboxylic acid groups (broad SMARTS) is 1. The number of piperazine rings is 1. The van der Waals surface area contributed by atoms with Crippen molar-refractivity contribution in [3.8, 4) is 0 Å². The highest BCUT2D eigenvalue weighted by Crippen LogP contribution is 2.29. The van der Waals surface area contributed by atoms with Crippen LogP contribution in [-0.2, 0) is 4.79 Å². The maximum Gasteiger partial charge on any atom is 0.403 e. The van der Waals surface area contributed by atoms with Crippen molar-refractivity contribution < 1.29 is 23.1 Å². The van der Waals surface area contributed by atoms with Crippen molar-refractivity contribution in [2.75, 3.05) is 32.7 Å². The molecule has 0 aromatic heterocycles. The molecule has 2 heterocycles. The molecule has 2 aliphatic heterocycles. The summed E-state index contributed by atoms with van der Waals surface area (Å²) in [6.45, 7) is 2.41. The SMILES string of the molecule is O=C(O)C(CN1CCN2CCCCC2C1)C(F)(F)F. The maximum absolute atomic E-state index is 12.6. The number of carbonyl (C=O) groups is 1. The van der Waals surface area contributed by atoms with Gasteiger partial charge in [-0.1, -0.05) is 6.42 Å². The van der Waals surface area contributed by atoms with Crippen LogP contribution >= 0.6 is 0 Å². The molecule has 2 unspecified atom stereocenters. The average Bonchev–Trinajstić information content (AvgIpc) is 2.34. The molecule has 0 spiro atoms. The Balaban J connectivity index is 1.93. The van der Waals surface area contributed by atoms with Crippen molar-refractivity contribution >= 4 is 5.97 Å². The van der Waals surface area contributed by atoms with Crippen molar-refractivity contribution in [3.63, 3.8) is 0 Å². The molecule has 0 radical (unpaired) electrons. The molecule has 2 saturated heterocycles. The van der Waals surface area contributed by atoms with Crippen molar-refractivity contribution in [2.45, 2.75) is 31.5 Å². The highest BCUT2D eigenvalue weighted by molar-refractivity contribution is 5.71. The quantitative estimate of drug-likeness (QED) is 0.849. The topological polar surface area (TPSA) is 43.8 Å². The van der Waals surface area contributed by atoms with Crippen LogP contribution in [0.2, 0.25) is 0 Å². The van der Waals surface area contributed by atoms with E-state index in [9.17, 15) is 18.0 Å². The molecule has 0 amide bonds. The fraction of sp³-hybridized carbons (Fsp3) is 0.917. The van der Waals surface area contributed by atoms with Crippen molar-refractivity contribution in [2.24, 2.45) is 5.92 Å². The zero-order chi connectivity index (χ0) is 14.0. The van der Waals surface area contributed by atoms with Crippen LogP contribution in [0, 0.1) is 5.92 Å². The van der Waals surface area contributed by atoms with Gasteiger partial charge in [-0.25, -0.2) is 0 Å². The molecule has 2 fully saturated rings. The van der Waals surface area contributed by atoms with E-state index in [4.69, 9.17) is 5.11 Å². The standard InChI is InChI=1S/C12H19F3N2O2/c13-12(14,15)10(11(18)19)8-16-5-6-17-4-2-1-3-9(17)7-16/h9-10H,1-8H2,(H,18,19). The molecule has 0 aliphatic carbocycles. The van der Waals surface area contributed by atoms with Crippen molar-refractivity contribution in [3.05, 3.63) is 0 Å². The van der Waals surface area contributed by atoms with Crippen LogP contribution < -0.4 is 0 Å². The van der Waals surface area contributed by atoms with E-state index >= 15 is 0 Å². The zero-order valence-electron chi connectivity index (χ0n) is 10.7. The Bertz CT molecular complexity index is 335. The van der Waals surface area contributed by atoms with Crippen LogP contribution in [0.4, 0.5) is 13.2 Å². The van der Waals surface area contributed by atoms with Gasteiger partial charge in [-0.3, -0.25) is 14.6 Å². The zero-order valence-corrected chi connectivity index (χ0v) is 10.7. The van der Waals surface area contributed by atoms with E-state index in [0.29, 0.717) is 19.1 Å². The number of aliphatic carboxylic acids is 1. The summed E-state index contributed by atoms with van der Waals surface area (Å²) in [5, 5.41) is 8.71. The average molecular weight is 280 g/mol. The lowest BCUT2D eigenvalue weighted by molar-refractivity contribution is -0.197. The van der Waals surface area contributed by atoms with Crippen LogP contribution in [0.5, 0.6) is 0 Å². The summed E-state index contributed by atoms with van der Waals surface area (Å²) in [4.78, 5) is 14.7. The van der Waals surface area contributed by atoms with Gasteiger partial charge in [-0.2, -0.15) is 13.2 Å². The second-order valence-corrected chi connectivity index (χ2v) is 5.38. The van der Waals surface area contributed by atoms with Gasteiger partial charge in [0.1, 0.15) is 0 Å². The van der Waals surface area contributed by atoms with Gasteiger partial charge in [0, 0.05) is 32.2 Å². The fourth-order valence-corrected chi connectivity index (χ4v) is 2.97. The van der Waals surface area contributed by atoms with Gasteiger partial charge < -0.3 is 5.11 Å². The lowest BCUT2D eigenvalue weighted by Crippen LogP contribution is -2.56. The Morgan fingerprint density at radius 3 is 2.63 bits per heavy atom. The third kappa shape index (κ3) is 3.60. The first-order chi connectivity index (χ1) is 8.88. The van der Waals surface area contributed by atoms with Crippen LogP contribution in [0.15, 0.2) is 0 Å². The number of halogens is 3. The lowest BCUT2D eigenvalue weighted by atomic mass is 9.98. The second kappa shape index (κ2) is 5.66. The van der Waals surface area contributed by atoms with Crippen molar-refractivity contribution in [1.29, 1.82) is 0 Å². The number of alkyl halides is 3. The highest BCUT2D eigenvalue weighted by Gasteiger charge is 2.46.